The highest BCUT2D eigenvalue weighted by Crippen LogP contribution is 2.15. The van der Waals surface area contributed by atoms with E-state index in [1.807, 2.05) is 55.5 Å². The quantitative estimate of drug-likeness (QED) is 0.902. The molecule has 0 aliphatic heterocycles. The van der Waals surface area contributed by atoms with Crippen LogP contribution in [0, 0.1) is 6.92 Å². The third kappa shape index (κ3) is 4.35. The van der Waals surface area contributed by atoms with Crippen molar-refractivity contribution < 1.29 is 9.53 Å². The van der Waals surface area contributed by atoms with E-state index >= 15 is 0 Å². The third-order valence-corrected chi connectivity index (χ3v) is 3.31. The van der Waals surface area contributed by atoms with Crippen molar-refractivity contribution >= 4 is 11.6 Å². The van der Waals surface area contributed by atoms with Gasteiger partial charge in [0.05, 0.1) is 0 Å². The Bertz CT molecular complexity index is 605. The van der Waals surface area contributed by atoms with Crippen molar-refractivity contribution in [1.82, 2.24) is 0 Å². The molecule has 0 bridgehead atoms. The van der Waals surface area contributed by atoms with Gasteiger partial charge in [0.1, 0.15) is 5.75 Å². The van der Waals surface area contributed by atoms with Gasteiger partial charge in [0, 0.05) is 5.69 Å². The molecule has 1 amide bonds. The summed E-state index contributed by atoms with van der Waals surface area (Å²) in [4.78, 5) is 12.1. The first-order valence-corrected chi connectivity index (χ1v) is 7.21. The van der Waals surface area contributed by atoms with E-state index in [2.05, 4.69) is 12.2 Å². The zero-order valence-electron chi connectivity index (χ0n) is 12.7. The smallest absolute Gasteiger partial charge is 0.265 e. The number of nitrogens with one attached hydrogen (secondary N) is 1. The van der Waals surface area contributed by atoms with Crippen molar-refractivity contribution in [2.24, 2.45) is 0 Å². The fourth-order valence-corrected chi connectivity index (χ4v) is 1.99. The standard InChI is InChI=1S/C18H21NO2/c1-4-15-6-5-7-16(12-15)19-18(20)14(3)21-17-10-8-13(2)9-11-17/h5-12,14H,4H2,1-3H3,(H,19,20)/t14-/m1/s1. The number of amides is 1. The molecule has 0 unspecified atom stereocenters. The van der Waals surface area contributed by atoms with Crippen molar-refractivity contribution in [2.75, 3.05) is 5.32 Å². The minimum absolute atomic E-state index is 0.149. The van der Waals surface area contributed by atoms with Crippen LogP contribution in [0.4, 0.5) is 5.69 Å². The van der Waals surface area contributed by atoms with Gasteiger partial charge in [0.25, 0.3) is 5.91 Å². The van der Waals surface area contributed by atoms with Gasteiger partial charge >= 0.3 is 0 Å². The summed E-state index contributed by atoms with van der Waals surface area (Å²) in [6.07, 6.45) is 0.400. The van der Waals surface area contributed by atoms with Crippen LogP contribution >= 0.6 is 0 Å². The van der Waals surface area contributed by atoms with Crippen LogP contribution < -0.4 is 10.1 Å². The molecule has 3 heteroatoms. The Hall–Kier alpha value is -2.29. The third-order valence-electron chi connectivity index (χ3n) is 3.31. The lowest BCUT2D eigenvalue weighted by Crippen LogP contribution is -2.30. The first kappa shape index (κ1) is 15.1. The molecule has 0 saturated heterocycles. The van der Waals surface area contributed by atoms with Crippen LogP contribution in [0.5, 0.6) is 5.75 Å². The van der Waals surface area contributed by atoms with E-state index in [9.17, 15) is 4.79 Å². The van der Waals surface area contributed by atoms with Crippen LogP contribution in [0.1, 0.15) is 25.0 Å². The molecule has 0 radical (unpaired) electrons. The van der Waals surface area contributed by atoms with E-state index in [0.29, 0.717) is 5.75 Å². The first-order valence-electron chi connectivity index (χ1n) is 7.21. The van der Waals surface area contributed by atoms with Gasteiger partial charge in [-0.1, -0.05) is 36.8 Å². The molecular formula is C18H21NO2. The molecule has 0 aliphatic rings. The van der Waals surface area contributed by atoms with Crippen molar-refractivity contribution in [3.05, 3.63) is 59.7 Å². The van der Waals surface area contributed by atoms with Gasteiger partial charge in [-0.05, 0) is 50.1 Å². The lowest BCUT2D eigenvalue weighted by Gasteiger charge is -2.15. The van der Waals surface area contributed by atoms with E-state index in [0.717, 1.165) is 17.7 Å². The number of benzene rings is 2. The molecule has 110 valence electrons. The fourth-order valence-electron chi connectivity index (χ4n) is 1.99. The molecule has 1 atom stereocenters. The molecule has 2 rings (SSSR count). The van der Waals surface area contributed by atoms with E-state index in [1.54, 1.807) is 6.92 Å². The Morgan fingerprint density at radius 2 is 1.90 bits per heavy atom. The number of rotatable bonds is 5. The second kappa shape index (κ2) is 6.93. The molecule has 2 aromatic carbocycles. The van der Waals surface area contributed by atoms with Crippen LogP contribution in [0.25, 0.3) is 0 Å². The Morgan fingerprint density at radius 1 is 1.19 bits per heavy atom. The van der Waals surface area contributed by atoms with Crippen molar-refractivity contribution in [2.45, 2.75) is 33.3 Å². The minimum atomic E-state index is -0.544. The molecular weight excluding hydrogens is 262 g/mol. The van der Waals surface area contributed by atoms with Gasteiger partial charge in [0.2, 0.25) is 0 Å². The number of anilines is 1. The second-order valence-corrected chi connectivity index (χ2v) is 5.12. The molecule has 21 heavy (non-hydrogen) atoms. The predicted molar refractivity (Wildman–Crippen MR) is 85.7 cm³/mol. The van der Waals surface area contributed by atoms with Gasteiger partial charge < -0.3 is 10.1 Å². The monoisotopic (exact) mass is 283 g/mol. The Balaban J connectivity index is 1.97. The van der Waals surface area contributed by atoms with Crippen LogP contribution in [0.3, 0.4) is 0 Å². The number of hydrogen-bond donors (Lipinski definition) is 1. The summed E-state index contributed by atoms with van der Waals surface area (Å²) in [5, 5.41) is 2.88. The molecule has 0 fully saturated rings. The maximum Gasteiger partial charge on any atom is 0.265 e. The van der Waals surface area contributed by atoms with E-state index in [1.165, 1.54) is 5.56 Å². The zero-order chi connectivity index (χ0) is 15.2. The van der Waals surface area contributed by atoms with Gasteiger partial charge in [-0.15, -0.1) is 0 Å². The summed E-state index contributed by atoms with van der Waals surface area (Å²) in [7, 11) is 0. The first-order chi connectivity index (χ1) is 10.1. The Labute approximate surface area is 126 Å². The van der Waals surface area contributed by atoms with Crippen LogP contribution in [-0.2, 0) is 11.2 Å². The topological polar surface area (TPSA) is 38.3 Å². The van der Waals surface area contributed by atoms with Crippen LogP contribution in [0.2, 0.25) is 0 Å². The highest BCUT2D eigenvalue weighted by molar-refractivity contribution is 5.94. The van der Waals surface area contributed by atoms with E-state index in [-0.39, 0.29) is 5.91 Å². The second-order valence-electron chi connectivity index (χ2n) is 5.12. The van der Waals surface area contributed by atoms with Gasteiger partial charge in [-0.3, -0.25) is 4.79 Å². The summed E-state index contributed by atoms with van der Waals surface area (Å²) in [6.45, 7) is 5.85. The number of carbonyl (C=O) groups excluding carboxylic acids is 1. The lowest BCUT2D eigenvalue weighted by atomic mass is 10.1. The van der Waals surface area contributed by atoms with Crippen molar-refractivity contribution in [1.29, 1.82) is 0 Å². The molecule has 2 aromatic rings. The average molecular weight is 283 g/mol. The van der Waals surface area contributed by atoms with Gasteiger partial charge in [0.15, 0.2) is 6.10 Å². The summed E-state index contributed by atoms with van der Waals surface area (Å²) in [6, 6.07) is 15.5. The molecule has 0 spiro atoms. The van der Waals surface area contributed by atoms with Crippen molar-refractivity contribution in [3.63, 3.8) is 0 Å². The molecule has 0 saturated carbocycles. The van der Waals surface area contributed by atoms with E-state index in [4.69, 9.17) is 4.74 Å². The predicted octanol–water partition coefficient (Wildman–Crippen LogP) is 3.96. The summed E-state index contributed by atoms with van der Waals surface area (Å²) >= 11 is 0. The van der Waals surface area contributed by atoms with Crippen molar-refractivity contribution in [3.8, 4) is 5.75 Å². The normalized spacial score (nSPS) is 11.8. The SMILES string of the molecule is CCc1cccc(NC(=O)[C@@H](C)Oc2ccc(C)cc2)c1. The molecule has 0 aromatic heterocycles. The maximum atomic E-state index is 12.1. The molecule has 1 N–H and O–H groups in total. The summed E-state index contributed by atoms with van der Waals surface area (Å²) in [5.74, 6) is 0.550. The summed E-state index contributed by atoms with van der Waals surface area (Å²) < 4.78 is 5.65. The summed E-state index contributed by atoms with van der Waals surface area (Å²) in [5.41, 5.74) is 3.16. The lowest BCUT2D eigenvalue weighted by molar-refractivity contribution is -0.122. The molecule has 3 nitrogen and oxygen atoms in total. The van der Waals surface area contributed by atoms with E-state index < -0.39 is 6.10 Å². The Morgan fingerprint density at radius 3 is 2.57 bits per heavy atom. The highest BCUT2D eigenvalue weighted by Gasteiger charge is 2.14. The zero-order valence-corrected chi connectivity index (χ0v) is 12.7. The number of hydrogen-bond acceptors (Lipinski definition) is 2. The number of carbonyl (C=O) groups is 1. The average Bonchev–Trinajstić information content (AvgIpc) is 2.49. The number of ether oxygens (including phenoxy) is 1. The number of aryl methyl sites for hydroxylation is 2. The van der Waals surface area contributed by atoms with Gasteiger partial charge in [-0.2, -0.15) is 0 Å². The molecule has 0 heterocycles. The molecule has 0 aliphatic carbocycles. The maximum absolute atomic E-state index is 12.1. The van der Waals surface area contributed by atoms with Crippen LogP contribution in [0.15, 0.2) is 48.5 Å². The fraction of sp³-hybridized carbons (Fsp3) is 0.278. The Kier molecular flexibility index (Phi) is 4.99. The largest absolute Gasteiger partial charge is 0.481 e. The van der Waals surface area contributed by atoms with Crippen LogP contribution in [-0.4, -0.2) is 12.0 Å². The highest BCUT2D eigenvalue weighted by atomic mass is 16.5. The van der Waals surface area contributed by atoms with Gasteiger partial charge in [-0.25, -0.2) is 0 Å². The minimum Gasteiger partial charge on any atom is -0.481 e.